The van der Waals surface area contributed by atoms with Crippen molar-refractivity contribution in [2.45, 2.75) is 13.8 Å². The molecule has 5 heteroatoms. The summed E-state index contributed by atoms with van der Waals surface area (Å²) < 4.78 is 9.33. The molecule has 106 valence electrons. The van der Waals surface area contributed by atoms with Crippen molar-refractivity contribution in [2.75, 3.05) is 13.2 Å². The molecule has 0 atom stereocenters. The number of hydrogen-bond acceptors (Lipinski definition) is 5. The molecule has 5 nitrogen and oxygen atoms in total. The number of rotatable bonds is 6. The van der Waals surface area contributed by atoms with Gasteiger partial charge in [-0.15, -0.1) is 0 Å². The van der Waals surface area contributed by atoms with Crippen LogP contribution in [0.2, 0.25) is 0 Å². The minimum atomic E-state index is -0.765. The first-order valence-electron chi connectivity index (χ1n) is 6.14. The Labute approximate surface area is 117 Å². The van der Waals surface area contributed by atoms with E-state index in [1.165, 1.54) is 0 Å². The van der Waals surface area contributed by atoms with Crippen LogP contribution in [0.5, 0.6) is 0 Å². The van der Waals surface area contributed by atoms with Crippen LogP contribution in [0.25, 0.3) is 0 Å². The highest BCUT2D eigenvalue weighted by Gasteiger charge is 2.08. The van der Waals surface area contributed by atoms with E-state index in [0.29, 0.717) is 5.56 Å². The van der Waals surface area contributed by atoms with E-state index in [1.54, 1.807) is 31.2 Å². The third-order valence-electron chi connectivity index (χ3n) is 2.36. The lowest BCUT2D eigenvalue weighted by Crippen LogP contribution is -2.13. The van der Waals surface area contributed by atoms with Gasteiger partial charge in [-0.05, 0) is 13.8 Å². The Hall–Kier alpha value is -2.43. The summed E-state index contributed by atoms with van der Waals surface area (Å²) in [7, 11) is 0. The van der Waals surface area contributed by atoms with Crippen molar-refractivity contribution in [2.24, 2.45) is 0 Å². The normalized spacial score (nSPS) is 10.3. The maximum atomic E-state index is 11.7. The zero-order valence-electron chi connectivity index (χ0n) is 11.4. The quantitative estimate of drug-likeness (QED) is 0.450. The van der Waals surface area contributed by atoms with Crippen LogP contribution in [0, 0.1) is 6.92 Å². The summed E-state index contributed by atoms with van der Waals surface area (Å²) in [5, 5.41) is 0. The Bertz CT molecular complexity index is 514. The molecule has 0 heterocycles. The van der Waals surface area contributed by atoms with E-state index < -0.39 is 11.9 Å². The zero-order chi connectivity index (χ0) is 15.0. The van der Waals surface area contributed by atoms with Gasteiger partial charge in [0, 0.05) is 17.7 Å². The standard InChI is InChI=1S/C15H16O5/c1-3-19-14(17)8-9-15(18)20-10-13(16)12-6-4-11(2)5-7-12/h4-9H,3,10H2,1-2H3/b9-8+. The first kappa shape index (κ1) is 15.6. The van der Waals surface area contributed by atoms with E-state index in [0.717, 1.165) is 17.7 Å². The third-order valence-corrected chi connectivity index (χ3v) is 2.36. The van der Waals surface area contributed by atoms with Crippen molar-refractivity contribution in [3.8, 4) is 0 Å². The molecule has 0 amide bonds. The summed E-state index contributed by atoms with van der Waals surface area (Å²) in [6.45, 7) is 3.43. The molecule has 1 aromatic carbocycles. The fourth-order valence-corrected chi connectivity index (χ4v) is 1.33. The van der Waals surface area contributed by atoms with Gasteiger partial charge in [-0.3, -0.25) is 4.79 Å². The van der Waals surface area contributed by atoms with Crippen LogP contribution < -0.4 is 0 Å². The third kappa shape index (κ3) is 5.48. The molecule has 0 spiro atoms. The van der Waals surface area contributed by atoms with Crippen molar-refractivity contribution in [3.05, 3.63) is 47.5 Å². The van der Waals surface area contributed by atoms with Crippen LogP contribution in [0.3, 0.4) is 0 Å². The van der Waals surface area contributed by atoms with E-state index in [-0.39, 0.29) is 19.0 Å². The van der Waals surface area contributed by atoms with Crippen LogP contribution in [-0.2, 0) is 19.1 Å². The number of ether oxygens (including phenoxy) is 2. The lowest BCUT2D eigenvalue weighted by Gasteiger charge is -2.02. The smallest absolute Gasteiger partial charge is 0.331 e. The number of benzene rings is 1. The molecular weight excluding hydrogens is 260 g/mol. The van der Waals surface area contributed by atoms with Gasteiger partial charge in [-0.2, -0.15) is 0 Å². The van der Waals surface area contributed by atoms with Crippen LogP contribution in [0.15, 0.2) is 36.4 Å². The van der Waals surface area contributed by atoms with Crippen LogP contribution in [0.1, 0.15) is 22.8 Å². The monoisotopic (exact) mass is 276 g/mol. The lowest BCUT2D eigenvalue weighted by molar-refractivity contribution is -0.139. The summed E-state index contributed by atoms with van der Waals surface area (Å²) in [5.74, 6) is -1.70. The maximum absolute atomic E-state index is 11.7. The Balaban J connectivity index is 2.43. The van der Waals surface area contributed by atoms with E-state index in [1.807, 2.05) is 6.92 Å². The molecule has 0 bridgehead atoms. The largest absolute Gasteiger partial charge is 0.463 e. The highest BCUT2D eigenvalue weighted by Crippen LogP contribution is 2.04. The maximum Gasteiger partial charge on any atom is 0.331 e. The van der Waals surface area contributed by atoms with Crippen molar-refractivity contribution in [1.29, 1.82) is 0 Å². The van der Waals surface area contributed by atoms with E-state index in [2.05, 4.69) is 4.74 Å². The van der Waals surface area contributed by atoms with Crippen molar-refractivity contribution in [1.82, 2.24) is 0 Å². The number of aryl methyl sites for hydroxylation is 1. The van der Waals surface area contributed by atoms with Gasteiger partial charge in [-0.25, -0.2) is 9.59 Å². The summed E-state index contributed by atoms with van der Waals surface area (Å²) in [6, 6.07) is 6.94. The molecule has 20 heavy (non-hydrogen) atoms. The zero-order valence-corrected chi connectivity index (χ0v) is 11.4. The minimum absolute atomic E-state index is 0.226. The summed E-state index contributed by atoms with van der Waals surface area (Å²) in [5.41, 5.74) is 1.51. The highest BCUT2D eigenvalue weighted by molar-refractivity contribution is 5.99. The van der Waals surface area contributed by atoms with Gasteiger partial charge in [0.15, 0.2) is 12.4 Å². The average Bonchev–Trinajstić information content (AvgIpc) is 2.43. The summed E-state index contributed by atoms with van der Waals surface area (Å²) >= 11 is 0. The van der Waals surface area contributed by atoms with Gasteiger partial charge >= 0.3 is 11.9 Å². The number of hydrogen-bond donors (Lipinski definition) is 0. The molecule has 1 aromatic rings. The number of Topliss-reactive ketones (excluding diaryl/α,β-unsaturated/α-hetero) is 1. The molecule has 0 aliphatic heterocycles. The predicted molar refractivity (Wildman–Crippen MR) is 72.2 cm³/mol. The second-order valence-corrected chi connectivity index (χ2v) is 3.98. The predicted octanol–water partition coefficient (Wildman–Crippen LogP) is 1.84. The molecule has 0 aliphatic rings. The summed E-state index contributed by atoms with van der Waals surface area (Å²) in [6.07, 6.45) is 1.89. The van der Waals surface area contributed by atoms with Gasteiger partial charge in [-0.1, -0.05) is 29.8 Å². The average molecular weight is 276 g/mol. The second kappa shape index (κ2) is 7.89. The van der Waals surface area contributed by atoms with Gasteiger partial charge < -0.3 is 9.47 Å². The SMILES string of the molecule is CCOC(=O)/C=C/C(=O)OCC(=O)c1ccc(C)cc1. The van der Waals surface area contributed by atoms with Crippen LogP contribution >= 0.6 is 0 Å². The van der Waals surface area contributed by atoms with E-state index >= 15 is 0 Å². The van der Waals surface area contributed by atoms with Gasteiger partial charge in [0.1, 0.15) is 0 Å². The Morgan fingerprint density at radius 1 is 1.00 bits per heavy atom. The van der Waals surface area contributed by atoms with Crippen molar-refractivity contribution in [3.63, 3.8) is 0 Å². The fourth-order valence-electron chi connectivity index (χ4n) is 1.33. The molecule has 0 aliphatic carbocycles. The van der Waals surface area contributed by atoms with Gasteiger partial charge in [0.05, 0.1) is 6.61 Å². The first-order chi connectivity index (χ1) is 9.52. The highest BCUT2D eigenvalue weighted by atomic mass is 16.5. The molecule has 0 radical (unpaired) electrons. The molecule has 1 rings (SSSR count). The van der Waals surface area contributed by atoms with Crippen LogP contribution in [-0.4, -0.2) is 30.9 Å². The van der Waals surface area contributed by atoms with E-state index in [4.69, 9.17) is 4.74 Å². The minimum Gasteiger partial charge on any atom is -0.463 e. The second-order valence-electron chi connectivity index (χ2n) is 3.98. The number of carbonyl (C=O) groups is 3. The summed E-state index contributed by atoms with van der Waals surface area (Å²) in [4.78, 5) is 33.9. The van der Waals surface area contributed by atoms with Crippen molar-refractivity contribution < 1.29 is 23.9 Å². The number of esters is 2. The Morgan fingerprint density at radius 3 is 2.10 bits per heavy atom. The number of carbonyl (C=O) groups excluding carboxylic acids is 3. The van der Waals surface area contributed by atoms with Gasteiger partial charge in [0.2, 0.25) is 0 Å². The molecule has 0 unspecified atom stereocenters. The molecule has 0 fully saturated rings. The molecule has 0 aromatic heterocycles. The molecule has 0 saturated carbocycles. The number of ketones is 1. The molecule has 0 saturated heterocycles. The molecular formula is C15H16O5. The topological polar surface area (TPSA) is 69.7 Å². The lowest BCUT2D eigenvalue weighted by atomic mass is 10.1. The van der Waals surface area contributed by atoms with Gasteiger partial charge in [0.25, 0.3) is 0 Å². The van der Waals surface area contributed by atoms with E-state index in [9.17, 15) is 14.4 Å². The first-order valence-corrected chi connectivity index (χ1v) is 6.14. The Kier molecular flexibility index (Phi) is 6.16. The van der Waals surface area contributed by atoms with Crippen LogP contribution in [0.4, 0.5) is 0 Å². The Morgan fingerprint density at radius 2 is 1.55 bits per heavy atom. The fraction of sp³-hybridized carbons (Fsp3) is 0.267. The molecule has 0 N–H and O–H groups in total. The van der Waals surface area contributed by atoms with Crippen molar-refractivity contribution >= 4 is 17.7 Å².